The average Bonchev–Trinajstić information content (AvgIpc) is 1.58. The molecule has 5 heterocycles. The Morgan fingerprint density at radius 1 is 0.233 bits per heavy atom. The Labute approximate surface area is 516 Å². The minimum absolute atomic E-state index is 0.0821. The van der Waals surface area contributed by atoms with Gasteiger partial charge in [-0.15, -0.1) is 0 Å². The minimum Gasteiger partial charge on any atom is -0.307 e. The molecule has 0 spiro atoms. The fraction of sp³-hybridized carbons (Fsp3) is 0.0241. The standard InChI is InChI=1S/C83H51N7/c1-2-22-50(23-3-1)81-84-82(89-73-42-18-14-34-61(73)69-46-44-67-59-32-12-16-40-71(59)87(77(67)79(69)89)53-26-20-24-51(48-53)75-63-36-8-4-28-55(63)56-29-5-9-37-64(56)75)86-83(85-81)90-74-43-19-15-35-62(74)70-47-45-68-60-33-13-17-41-72(60)88(78(68)80(70)90)54-27-21-25-52(49-54)76-65-38-10-6-30-57(65)58-31-7-11-39-66(58)76/h1-49,75-76H. The van der Waals surface area contributed by atoms with Crippen LogP contribution in [0.1, 0.15) is 45.2 Å². The molecule has 2 aliphatic rings. The number of aromatic nitrogens is 7. The van der Waals surface area contributed by atoms with Gasteiger partial charge in [-0.25, -0.2) is 0 Å². The van der Waals surface area contributed by atoms with Crippen molar-refractivity contribution in [1.29, 1.82) is 0 Å². The van der Waals surface area contributed by atoms with Crippen LogP contribution in [-0.2, 0) is 0 Å². The molecule has 0 atom stereocenters. The summed E-state index contributed by atoms with van der Waals surface area (Å²) < 4.78 is 9.61. The van der Waals surface area contributed by atoms with Gasteiger partial charge in [0.2, 0.25) is 11.9 Å². The predicted molar refractivity (Wildman–Crippen MR) is 368 cm³/mol. The first-order valence-electron chi connectivity index (χ1n) is 31.0. The summed E-state index contributed by atoms with van der Waals surface area (Å²) in [5.41, 5.74) is 24.5. The molecule has 13 aromatic carbocycles. The number of nitrogens with zero attached hydrogens (tertiary/aromatic N) is 7. The Morgan fingerprint density at radius 2 is 0.544 bits per heavy atom. The number of benzene rings is 13. The summed E-state index contributed by atoms with van der Waals surface area (Å²) in [5.74, 6) is 1.77. The Morgan fingerprint density at radius 3 is 0.922 bits per heavy atom. The average molecular weight is 1150 g/mol. The second-order valence-corrected chi connectivity index (χ2v) is 24.2. The molecular weight excluding hydrogens is 1090 g/mol. The molecule has 418 valence electrons. The maximum absolute atomic E-state index is 5.87. The molecule has 2 aliphatic carbocycles. The Balaban J connectivity index is 0.866. The summed E-state index contributed by atoms with van der Waals surface area (Å²) in [5, 5.41) is 9.05. The summed E-state index contributed by atoms with van der Waals surface area (Å²) in [4.78, 5) is 17.2. The van der Waals surface area contributed by atoms with E-state index in [-0.39, 0.29) is 11.8 Å². The lowest BCUT2D eigenvalue weighted by Gasteiger charge is -2.18. The fourth-order valence-corrected chi connectivity index (χ4v) is 15.9. The van der Waals surface area contributed by atoms with Crippen molar-refractivity contribution in [1.82, 2.24) is 33.2 Å². The fourth-order valence-electron chi connectivity index (χ4n) is 15.9. The van der Waals surface area contributed by atoms with Crippen molar-refractivity contribution in [2.75, 3.05) is 0 Å². The monoisotopic (exact) mass is 1150 g/mol. The van der Waals surface area contributed by atoms with Gasteiger partial charge in [-0.05, 0) is 104 Å². The normalized spacial score (nSPS) is 13.0. The largest absolute Gasteiger partial charge is 0.307 e. The summed E-state index contributed by atoms with van der Waals surface area (Å²) in [7, 11) is 0. The van der Waals surface area contributed by atoms with Crippen LogP contribution in [0.4, 0.5) is 0 Å². The highest BCUT2D eigenvalue weighted by Crippen LogP contribution is 2.51. The van der Waals surface area contributed by atoms with Gasteiger partial charge in [-0.2, -0.15) is 15.0 Å². The van der Waals surface area contributed by atoms with Gasteiger partial charge in [0, 0.05) is 71.9 Å². The summed E-state index contributed by atoms with van der Waals surface area (Å²) in [6, 6.07) is 109. The number of para-hydroxylation sites is 4. The van der Waals surface area contributed by atoms with Crippen molar-refractivity contribution in [3.8, 4) is 56.9 Å². The van der Waals surface area contributed by atoms with Crippen molar-refractivity contribution >= 4 is 87.2 Å². The van der Waals surface area contributed by atoms with E-state index in [0.29, 0.717) is 17.7 Å². The molecule has 20 rings (SSSR count). The second kappa shape index (κ2) is 18.8. The highest BCUT2D eigenvalue weighted by Gasteiger charge is 2.33. The van der Waals surface area contributed by atoms with E-state index >= 15 is 0 Å². The molecule has 0 amide bonds. The van der Waals surface area contributed by atoms with Gasteiger partial charge in [-0.1, -0.05) is 249 Å². The molecule has 90 heavy (non-hydrogen) atoms. The molecule has 18 aromatic rings. The van der Waals surface area contributed by atoms with Crippen LogP contribution in [0.3, 0.4) is 0 Å². The zero-order chi connectivity index (χ0) is 58.7. The molecule has 0 aliphatic heterocycles. The lowest BCUT2D eigenvalue weighted by molar-refractivity contribution is 0.893. The van der Waals surface area contributed by atoms with Crippen LogP contribution in [0, 0.1) is 0 Å². The van der Waals surface area contributed by atoms with Crippen molar-refractivity contribution in [2.24, 2.45) is 0 Å². The Kier molecular flexibility index (Phi) is 10.3. The third-order valence-electron chi connectivity index (χ3n) is 19.6. The van der Waals surface area contributed by atoms with Crippen molar-refractivity contribution in [3.05, 3.63) is 331 Å². The number of hydrogen-bond acceptors (Lipinski definition) is 3. The molecule has 7 nitrogen and oxygen atoms in total. The molecule has 0 radical (unpaired) electrons. The molecule has 0 N–H and O–H groups in total. The van der Waals surface area contributed by atoms with Gasteiger partial charge in [0.1, 0.15) is 0 Å². The first-order chi connectivity index (χ1) is 44.7. The molecule has 0 saturated heterocycles. The zero-order valence-electron chi connectivity index (χ0n) is 48.6. The maximum atomic E-state index is 5.87. The van der Waals surface area contributed by atoms with E-state index < -0.39 is 0 Å². The Hall–Kier alpha value is -11.9. The van der Waals surface area contributed by atoms with Crippen LogP contribution in [0.5, 0.6) is 0 Å². The molecular formula is C83H51N7. The lowest BCUT2D eigenvalue weighted by atomic mass is 9.89. The van der Waals surface area contributed by atoms with Crippen LogP contribution in [-0.4, -0.2) is 33.2 Å². The van der Waals surface area contributed by atoms with E-state index in [1.165, 1.54) is 66.4 Å². The number of fused-ring (bicyclic) bond motifs is 20. The third kappa shape index (κ3) is 6.86. The van der Waals surface area contributed by atoms with Crippen LogP contribution >= 0.6 is 0 Å². The van der Waals surface area contributed by atoms with Gasteiger partial charge in [0.25, 0.3) is 0 Å². The summed E-state index contributed by atoms with van der Waals surface area (Å²) in [6.07, 6.45) is 0. The number of rotatable bonds is 7. The molecule has 0 bridgehead atoms. The maximum Gasteiger partial charge on any atom is 0.240 e. The quantitative estimate of drug-likeness (QED) is 0.160. The minimum atomic E-state index is 0.0821. The van der Waals surface area contributed by atoms with E-state index in [4.69, 9.17) is 15.0 Å². The van der Waals surface area contributed by atoms with Crippen molar-refractivity contribution < 1.29 is 0 Å². The van der Waals surface area contributed by atoms with E-state index in [9.17, 15) is 0 Å². The van der Waals surface area contributed by atoms with Crippen molar-refractivity contribution in [2.45, 2.75) is 11.8 Å². The van der Waals surface area contributed by atoms with Gasteiger partial charge < -0.3 is 9.13 Å². The third-order valence-corrected chi connectivity index (χ3v) is 19.6. The topological polar surface area (TPSA) is 58.4 Å². The molecule has 5 aromatic heterocycles. The first kappa shape index (κ1) is 49.2. The van der Waals surface area contributed by atoms with E-state index in [2.05, 4.69) is 316 Å². The highest BCUT2D eigenvalue weighted by molar-refractivity contribution is 6.25. The highest BCUT2D eigenvalue weighted by atomic mass is 15.3. The second-order valence-electron chi connectivity index (χ2n) is 24.2. The lowest BCUT2D eigenvalue weighted by Crippen LogP contribution is -2.11. The molecule has 0 unspecified atom stereocenters. The number of hydrogen-bond donors (Lipinski definition) is 0. The van der Waals surface area contributed by atoms with Crippen LogP contribution in [0.25, 0.3) is 144 Å². The van der Waals surface area contributed by atoms with Crippen LogP contribution < -0.4 is 0 Å². The molecule has 7 heteroatoms. The molecule has 0 fully saturated rings. The predicted octanol–water partition coefficient (Wildman–Crippen LogP) is 20.2. The summed E-state index contributed by atoms with van der Waals surface area (Å²) >= 11 is 0. The van der Waals surface area contributed by atoms with Gasteiger partial charge in [-0.3, -0.25) is 9.13 Å². The van der Waals surface area contributed by atoms with E-state index in [0.717, 1.165) is 93.4 Å². The van der Waals surface area contributed by atoms with Gasteiger partial charge in [0.15, 0.2) is 5.82 Å². The van der Waals surface area contributed by atoms with E-state index in [1.54, 1.807) is 0 Å². The summed E-state index contributed by atoms with van der Waals surface area (Å²) in [6.45, 7) is 0. The first-order valence-corrected chi connectivity index (χ1v) is 31.0. The SMILES string of the molecule is c1ccc(-c2nc(-n3c4ccccc4c4ccc5c6ccccc6n(-c6cccc(C7c8ccccc8-c8ccccc87)c6)c5c43)nc(-n3c4ccccc4c4ccc5c6ccccc6n(-c6cccc(C7c8ccccc8-c8ccccc87)c6)c5c43)n2)cc1. The zero-order valence-corrected chi connectivity index (χ0v) is 48.6. The van der Waals surface area contributed by atoms with Crippen molar-refractivity contribution in [3.63, 3.8) is 0 Å². The van der Waals surface area contributed by atoms with Gasteiger partial charge >= 0.3 is 0 Å². The Bertz CT molecular complexity index is 5630. The smallest absolute Gasteiger partial charge is 0.240 e. The van der Waals surface area contributed by atoms with Crippen LogP contribution in [0.15, 0.2) is 297 Å². The molecule has 0 saturated carbocycles. The van der Waals surface area contributed by atoms with E-state index in [1.807, 2.05) is 0 Å². The van der Waals surface area contributed by atoms with Gasteiger partial charge in [0.05, 0.1) is 44.1 Å². The van der Waals surface area contributed by atoms with Crippen LogP contribution in [0.2, 0.25) is 0 Å².